The second kappa shape index (κ2) is 8.74. The van der Waals surface area contributed by atoms with Gasteiger partial charge in [-0.25, -0.2) is 0 Å². The molecule has 2 aliphatic rings. The Hall–Kier alpha value is -0.610. The molecule has 122 valence electrons. The van der Waals surface area contributed by atoms with E-state index in [9.17, 15) is 4.79 Å². The molecule has 1 aliphatic carbocycles. The zero-order chi connectivity index (χ0) is 15.1. The summed E-state index contributed by atoms with van der Waals surface area (Å²) in [6.45, 7) is 6.89. The van der Waals surface area contributed by atoms with Gasteiger partial charge in [0, 0.05) is 18.5 Å². The quantitative estimate of drug-likeness (QED) is 0.738. The molecule has 2 unspecified atom stereocenters. The van der Waals surface area contributed by atoms with Crippen molar-refractivity contribution in [3.05, 3.63) is 0 Å². The topological polar surface area (TPSA) is 58.4 Å². The van der Waals surface area contributed by atoms with E-state index in [-0.39, 0.29) is 17.9 Å². The van der Waals surface area contributed by atoms with Crippen LogP contribution < -0.4 is 11.1 Å². The number of nitrogens with one attached hydrogen (secondary N) is 1. The van der Waals surface area contributed by atoms with Crippen LogP contribution in [0.3, 0.4) is 0 Å². The molecule has 2 rings (SSSR count). The fourth-order valence-electron chi connectivity index (χ4n) is 3.57. The number of likely N-dealkylation sites (tertiary alicyclic amines) is 1. The molecule has 0 radical (unpaired) electrons. The molecule has 0 bridgehead atoms. The number of piperidine rings is 1. The second-order valence-electron chi connectivity index (χ2n) is 7.15. The van der Waals surface area contributed by atoms with Crippen LogP contribution >= 0.6 is 0 Å². The molecule has 2 fully saturated rings. The molecule has 1 aliphatic heterocycles. The van der Waals surface area contributed by atoms with Crippen molar-refractivity contribution in [1.82, 2.24) is 10.2 Å². The number of hydrogen-bond acceptors (Lipinski definition) is 3. The Balaban J connectivity index is 1.50. The fourth-order valence-corrected chi connectivity index (χ4v) is 3.57. The Kier molecular flexibility index (Phi) is 6.97. The van der Waals surface area contributed by atoms with E-state index >= 15 is 0 Å². The molecule has 1 amide bonds. The number of amides is 1. The average molecular weight is 295 g/mol. The molecule has 4 nitrogen and oxygen atoms in total. The molecule has 1 heterocycles. The molecular formula is C17H33N3O. The lowest BCUT2D eigenvalue weighted by atomic mass is 9.85. The first-order chi connectivity index (χ1) is 10.1. The standard InChI is InChI=1S/C17H33N3O/c1-14-7-11-20(12-8-14)10-3-2-9-19-17(21)15-5-4-6-16(18)13-15/h14-16H,2-13,18H2,1H3,(H,19,21). The van der Waals surface area contributed by atoms with E-state index in [0.29, 0.717) is 0 Å². The van der Waals surface area contributed by atoms with E-state index in [4.69, 9.17) is 5.73 Å². The van der Waals surface area contributed by atoms with Gasteiger partial charge < -0.3 is 16.0 Å². The maximum absolute atomic E-state index is 12.1. The van der Waals surface area contributed by atoms with Gasteiger partial charge in [0.15, 0.2) is 0 Å². The van der Waals surface area contributed by atoms with Crippen molar-refractivity contribution in [2.75, 3.05) is 26.2 Å². The molecule has 21 heavy (non-hydrogen) atoms. The maximum Gasteiger partial charge on any atom is 0.223 e. The maximum atomic E-state index is 12.1. The lowest BCUT2D eigenvalue weighted by molar-refractivity contribution is -0.126. The van der Waals surface area contributed by atoms with Crippen molar-refractivity contribution in [1.29, 1.82) is 0 Å². The summed E-state index contributed by atoms with van der Waals surface area (Å²) in [7, 11) is 0. The predicted molar refractivity (Wildman–Crippen MR) is 87.0 cm³/mol. The minimum Gasteiger partial charge on any atom is -0.356 e. The summed E-state index contributed by atoms with van der Waals surface area (Å²) < 4.78 is 0. The predicted octanol–water partition coefficient (Wildman–Crippen LogP) is 2.13. The fraction of sp³-hybridized carbons (Fsp3) is 0.941. The van der Waals surface area contributed by atoms with Gasteiger partial charge in [-0.15, -0.1) is 0 Å². The normalized spacial score (nSPS) is 28.5. The van der Waals surface area contributed by atoms with Crippen LogP contribution in [0.5, 0.6) is 0 Å². The Labute approximate surface area is 129 Å². The number of rotatable bonds is 6. The van der Waals surface area contributed by atoms with Crippen LogP contribution in [-0.2, 0) is 4.79 Å². The summed E-state index contributed by atoms with van der Waals surface area (Å²) in [6, 6.07) is 0.232. The number of nitrogens with two attached hydrogens (primary N) is 1. The van der Waals surface area contributed by atoms with E-state index in [0.717, 1.165) is 44.6 Å². The van der Waals surface area contributed by atoms with E-state index < -0.39 is 0 Å². The van der Waals surface area contributed by atoms with E-state index in [2.05, 4.69) is 17.1 Å². The molecule has 0 aromatic rings. The first-order valence-corrected chi connectivity index (χ1v) is 8.91. The molecule has 3 N–H and O–H groups in total. The third-order valence-corrected chi connectivity index (χ3v) is 5.16. The van der Waals surface area contributed by atoms with Crippen LogP contribution in [-0.4, -0.2) is 43.0 Å². The van der Waals surface area contributed by atoms with Gasteiger partial charge in [-0.1, -0.05) is 13.3 Å². The van der Waals surface area contributed by atoms with Gasteiger partial charge in [0.2, 0.25) is 5.91 Å². The van der Waals surface area contributed by atoms with Crippen LogP contribution in [0.25, 0.3) is 0 Å². The highest BCUT2D eigenvalue weighted by molar-refractivity contribution is 5.78. The van der Waals surface area contributed by atoms with Gasteiger partial charge in [-0.3, -0.25) is 4.79 Å². The first-order valence-electron chi connectivity index (χ1n) is 8.91. The monoisotopic (exact) mass is 295 g/mol. The first kappa shape index (κ1) is 16.8. The summed E-state index contributed by atoms with van der Waals surface area (Å²) >= 11 is 0. The molecule has 1 saturated heterocycles. The summed E-state index contributed by atoms with van der Waals surface area (Å²) in [5, 5.41) is 3.10. The van der Waals surface area contributed by atoms with Crippen LogP contribution in [0.4, 0.5) is 0 Å². The van der Waals surface area contributed by atoms with Gasteiger partial charge in [0.05, 0.1) is 0 Å². The van der Waals surface area contributed by atoms with Crippen LogP contribution in [0.1, 0.15) is 58.3 Å². The average Bonchev–Trinajstić information content (AvgIpc) is 2.48. The minimum atomic E-state index is 0.164. The molecule has 1 saturated carbocycles. The molecule has 0 spiro atoms. The van der Waals surface area contributed by atoms with E-state index in [1.807, 2.05) is 0 Å². The highest BCUT2D eigenvalue weighted by Crippen LogP contribution is 2.23. The molecule has 2 atom stereocenters. The van der Waals surface area contributed by atoms with Crippen LogP contribution in [0.2, 0.25) is 0 Å². The Bertz CT molecular complexity index is 313. The van der Waals surface area contributed by atoms with Gasteiger partial charge in [0.25, 0.3) is 0 Å². The summed E-state index contributed by atoms with van der Waals surface area (Å²) in [4.78, 5) is 14.6. The number of nitrogens with zero attached hydrogens (tertiary/aromatic N) is 1. The van der Waals surface area contributed by atoms with Gasteiger partial charge in [-0.05, 0) is 70.5 Å². The zero-order valence-corrected chi connectivity index (χ0v) is 13.7. The Morgan fingerprint density at radius 1 is 1.19 bits per heavy atom. The van der Waals surface area contributed by atoms with Gasteiger partial charge >= 0.3 is 0 Å². The lowest BCUT2D eigenvalue weighted by Gasteiger charge is -2.30. The van der Waals surface area contributed by atoms with Crippen molar-refractivity contribution in [2.45, 2.75) is 64.3 Å². The molecule has 0 aromatic carbocycles. The van der Waals surface area contributed by atoms with Crippen molar-refractivity contribution in [3.63, 3.8) is 0 Å². The third-order valence-electron chi connectivity index (χ3n) is 5.16. The summed E-state index contributed by atoms with van der Waals surface area (Å²) in [5.41, 5.74) is 5.95. The molecule has 0 aromatic heterocycles. The number of hydrogen-bond donors (Lipinski definition) is 2. The smallest absolute Gasteiger partial charge is 0.223 e. The molecular weight excluding hydrogens is 262 g/mol. The minimum absolute atomic E-state index is 0.164. The summed E-state index contributed by atoms with van der Waals surface area (Å²) in [5.74, 6) is 1.30. The van der Waals surface area contributed by atoms with Gasteiger partial charge in [0.1, 0.15) is 0 Å². The van der Waals surface area contributed by atoms with E-state index in [1.165, 1.54) is 38.9 Å². The summed E-state index contributed by atoms with van der Waals surface area (Å²) in [6.07, 6.45) is 9.06. The van der Waals surface area contributed by atoms with Crippen molar-refractivity contribution in [2.24, 2.45) is 17.6 Å². The van der Waals surface area contributed by atoms with Crippen molar-refractivity contribution >= 4 is 5.91 Å². The van der Waals surface area contributed by atoms with Crippen LogP contribution in [0.15, 0.2) is 0 Å². The second-order valence-corrected chi connectivity index (χ2v) is 7.15. The number of unbranched alkanes of at least 4 members (excludes halogenated alkanes) is 1. The Morgan fingerprint density at radius 3 is 2.67 bits per heavy atom. The highest BCUT2D eigenvalue weighted by Gasteiger charge is 2.24. The SMILES string of the molecule is CC1CCN(CCCCNC(=O)C2CCCC(N)C2)CC1. The van der Waals surface area contributed by atoms with Crippen molar-refractivity contribution in [3.8, 4) is 0 Å². The largest absolute Gasteiger partial charge is 0.356 e. The number of carbonyl (C=O) groups is 1. The highest BCUT2D eigenvalue weighted by atomic mass is 16.1. The third kappa shape index (κ3) is 5.95. The Morgan fingerprint density at radius 2 is 1.95 bits per heavy atom. The van der Waals surface area contributed by atoms with Gasteiger partial charge in [-0.2, -0.15) is 0 Å². The molecule has 4 heteroatoms. The van der Waals surface area contributed by atoms with Crippen molar-refractivity contribution < 1.29 is 4.79 Å². The number of carbonyl (C=O) groups excluding carboxylic acids is 1. The van der Waals surface area contributed by atoms with Crippen LogP contribution in [0, 0.1) is 11.8 Å². The zero-order valence-electron chi connectivity index (χ0n) is 13.7. The van der Waals surface area contributed by atoms with E-state index in [1.54, 1.807) is 0 Å². The lowest BCUT2D eigenvalue weighted by Crippen LogP contribution is -2.38.